The summed E-state index contributed by atoms with van der Waals surface area (Å²) in [6, 6.07) is 3.82. The normalized spacial score (nSPS) is 10.0. The monoisotopic (exact) mass is 143 g/mol. The highest BCUT2D eigenvalue weighted by Gasteiger charge is 1.95. The van der Waals surface area contributed by atoms with Gasteiger partial charge in [0.05, 0.1) is 6.54 Å². The Labute approximate surface area is 58.4 Å². The van der Waals surface area contributed by atoms with Gasteiger partial charge in [-0.2, -0.15) is 0 Å². The third-order valence-electron chi connectivity index (χ3n) is 1.04. The number of hydrogen-bond acceptors (Lipinski definition) is 3. The van der Waals surface area contributed by atoms with E-state index in [4.69, 9.17) is 10.2 Å². The van der Waals surface area contributed by atoms with Crippen LogP contribution in [-0.2, 0) is 6.54 Å². The molecule has 0 aromatic carbocycles. The van der Waals surface area contributed by atoms with E-state index in [-0.39, 0.29) is 0 Å². The van der Waals surface area contributed by atoms with Crippen LogP contribution in [0.1, 0.15) is 5.76 Å². The second-order valence-corrected chi connectivity index (χ2v) is 2.44. The van der Waals surface area contributed by atoms with E-state index in [1.807, 2.05) is 18.4 Å². The zero-order valence-corrected chi connectivity index (χ0v) is 6.07. The predicted octanol–water partition coefficient (Wildman–Crippen LogP) is 1.46. The van der Waals surface area contributed by atoms with Crippen molar-refractivity contribution in [3.63, 3.8) is 0 Å². The lowest BCUT2D eigenvalue weighted by Crippen LogP contribution is -1.92. The summed E-state index contributed by atoms with van der Waals surface area (Å²) < 4.78 is 5.22. The second kappa shape index (κ2) is 2.94. The molecule has 1 aromatic heterocycles. The van der Waals surface area contributed by atoms with Gasteiger partial charge in [-0.05, 0) is 18.4 Å². The molecule has 0 aliphatic heterocycles. The molecule has 2 nitrogen and oxygen atoms in total. The Balaban J connectivity index is 2.74. The summed E-state index contributed by atoms with van der Waals surface area (Å²) in [6.45, 7) is 0.487. The first-order valence-electron chi connectivity index (χ1n) is 2.69. The Morgan fingerprint density at radius 1 is 1.67 bits per heavy atom. The van der Waals surface area contributed by atoms with E-state index in [0.29, 0.717) is 6.54 Å². The maximum absolute atomic E-state index is 5.31. The summed E-state index contributed by atoms with van der Waals surface area (Å²) in [6.07, 6.45) is 1.97. The van der Waals surface area contributed by atoms with Gasteiger partial charge in [0.25, 0.3) is 0 Å². The molecule has 2 N–H and O–H groups in total. The number of furan rings is 1. The van der Waals surface area contributed by atoms with E-state index in [0.717, 1.165) is 10.9 Å². The van der Waals surface area contributed by atoms with Crippen LogP contribution in [0.25, 0.3) is 0 Å². The lowest BCUT2D eigenvalue weighted by atomic mass is 10.5. The van der Waals surface area contributed by atoms with Crippen LogP contribution in [0.5, 0.6) is 0 Å². The zero-order valence-electron chi connectivity index (χ0n) is 5.26. The van der Waals surface area contributed by atoms with Crippen LogP contribution in [0.2, 0.25) is 0 Å². The molecule has 0 aliphatic rings. The SMILES string of the molecule is CSc1ccc(CN)o1. The molecule has 0 unspecified atom stereocenters. The van der Waals surface area contributed by atoms with E-state index in [1.165, 1.54) is 0 Å². The summed E-state index contributed by atoms with van der Waals surface area (Å²) in [5, 5.41) is 0.926. The summed E-state index contributed by atoms with van der Waals surface area (Å²) in [5.74, 6) is 0.847. The van der Waals surface area contributed by atoms with E-state index in [2.05, 4.69) is 0 Å². The molecule has 0 radical (unpaired) electrons. The first-order valence-corrected chi connectivity index (χ1v) is 3.92. The lowest BCUT2D eigenvalue weighted by molar-refractivity contribution is 0.433. The smallest absolute Gasteiger partial charge is 0.160 e. The average molecular weight is 143 g/mol. The molecule has 0 amide bonds. The van der Waals surface area contributed by atoms with Crippen LogP contribution >= 0.6 is 11.8 Å². The van der Waals surface area contributed by atoms with Crippen LogP contribution < -0.4 is 5.73 Å². The first kappa shape index (κ1) is 6.71. The van der Waals surface area contributed by atoms with Crippen molar-refractivity contribution in [2.75, 3.05) is 6.26 Å². The number of rotatable bonds is 2. The molecule has 0 spiro atoms. The molecule has 50 valence electrons. The summed E-state index contributed by atoms with van der Waals surface area (Å²) in [7, 11) is 0. The highest BCUT2D eigenvalue weighted by Crippen LogP contribution is 2.16. The summed E-state index contributed by atoms with van der Waals surface area (Å²) in [5.41, 5.74) is 5.31. The standard InChI is InChI=1S/C6H9NOS/c1-9-6-3-2-5(4-7)8-6/h2-3H,4,7H2,1H3. The van der Waals surface area contributed by atoms with Crippen molar-refractivity contribution in [2.45, 2.75) is 11.6 Å². The fourth-order valence-electron chi connectivity index (χ4n) is 0.578. The van der Waals surface area contributed by atoms with Crippen LogP contribution in [0.15, 0.2) is 21.6 Å². The molecule has 0 fully saturated rings. The lowest BCUT2D eigenvalue weighted by Gasteiger charge is -1.86. The minimum absolute atomic E-state index is 0.487. The van der Waals surface area contributed by atoms with Crippen LogP contribution in [-0.4, -0.2) is 6.26 Å². The van der Waals surface area contributed by atoms with Crippen molar-refractivity contribution >= 4 is 11.8 Å². The van der Waals surface area contributed by atoms with Gasteiger partial charge in [-0.15, -0.1) is 0 Å². The third kappa shape index (κ3) is 1.50. The fourth-order valence-corrected chi connectivity index (χ4v) is 0.972. The predicted molar refractivity (Wildman–Crippen MR) is 38.4 cm³/mol. The van der Waals surface area contributed by atoms with Gasteiger partial charge in [-0.3, -0.25) is 0 Å². The molecule has 3 heteroatoms. The van der Waals surface area contributed by atoms with E-state index >= 15 is 0 Å². The van der Waals surface area contributed by atoms with E-state index in [1.54, 1.807) is 11.8 Å². The zero-order chi connectivity index (χ0) is 6.69. The molecule has 1 aromatic rings. The highest BCUT2D eigenvalue weighted by atomic mass is 32.2. The van der Waals surface area contributed by atoms with Crippen LogP contribution in [0.3, 0.4) is 0 Å². The molecule has 0 saturated heterocycles. The quantitative estimate of drug-likeness (QED) is 0.637. The maximum Gasteiger partial charge on any atom is 0.160 e. The maximum atomic E-state index is 5.31. The molecule has 9 heavy (non-hydrogen) atoms. The molecule has 0 saturated carbocycles. The van der Waals surface area contributed by atoms with Gasteiger partial charge in [-0.1, -0.05) is 11.8 Å². The number of nitrogens with two attached hydrogens (primary N) is 1. The highest BCUT2D eigenvalue weighted by molar-refractivity contribution is 7.98. The number of thioether (sulfide) groups is 1. The van der Waals surface area contributed by atoms with Crippen molar-refractivity contribution in [3.05, 3.63) is 17.9 Å². The minimum atomic E-state index is 0.487. The summed E-state index contributed by atoms with van der Waals surface area (Å²) >= 11 is 1.58. The van der Waals surface area contributed by atoms with Crippen molar-refractivity contribution < 1.29 is 4.42 Å². The van der Waals surface area contributed by atoms with Gasteiger partial charge < -0.3 is 10.2 Å². The molecule has 1 heterocycles. The van der Waals surface area contributed by atoms with Crippen molar-refractivity contribution in [1.82, 2.24) is 0 Å². The van der Waals surface area contributed by atoms with Gasteiger partial charge in [-0.25, -0.2) is 0 Å². The number of hydrogen-bond donors (Lipinski definition) is 1. The first-order chi connectivity index (χ1) is 4.36. The summed E-state index contributed by atoms with van der Waals surface area (Å²) in [4.78, 5) is 0. The Morgan fingerprint density at radius 3 is 2.78 bits per heavy atom. The van der Waals surface area contributed by atoms with Crippen molar-refractivity contribution in [1.29, 1.82) is 0 Å². The Morgan fingerprint density at radius 2 is 2.44 bits per heavy atom. The molecule has 0 bridgehead atoms. The Hall–Kier alpha value is -0.410. The van der Waals surface area contributed by atoms with Gasteiger partial charge in [0.2, 0.25) is 0 Å². The third-order valence-corrected chi connectivity index (χ3v) is 1.66. The van der Waals surface area contributed by atoms with Gasteiger partial charge in [0.1, 0.15) is 5.76 Å². The van der Waals surface area contributed by atoms with Crippen molar-refractivity contribution in [2.24, 2.45) is 5.73 Å². The van der Waals surface area contributed by atoms with Crippen LogP contribution in [0, 0.1) is 0 Å². The second-order valence-electron chi connectivity index (χ2n) is 1.63. The average Bonchev–Trinajstić information content (AvgIpc) is 2.34. The Kier molecular flexibility index (Phi) is 2.19. The van der Waals surface area contributed by atoms with Gasteiger partial charge in [0, 0.05) is 0 Å². The molecular weight excluding hydrogens is 134 g/mol. The van der Waals surface area contributed by atoms with Gasteiger partial charge >= 0.3 is 0 Å². The largest absolute Gasteiger partial charge is 0.454 e. The van der Waals surface area contributed by atoms with Crippen molar-refractivity contribution in [3.8, 4) is 0 Å². The minimum Gasteiger partial charge on any atom is -0.454 e. The molecule has 0 aliphatic carbocycles. The molecule has 1 rings (SSSR count). The topological polar surface area (TPSA) is 39.2 Å². The van der Waals surface area contributed by atoms with Gasteiger partial charge in [0.15, 0.2) is 5.09 Å². The Bertz CT molecular complexity index is 166. The van der Waals surface area contributed by atoms with E-state index in [9.17, 15) is 0 Å². The van der Waals surface area contributed by atoms with Crippen LogP contribution in [0.4, 0.5) is 0 Å². The fraction of sp³-hybridized carbons (Fsp3) is 0.333. The molecule has 0 atom stereocenters. The molecular formula is C6H9NOS. The van der Waals surface area contributed by atoms with E-state index < -0.39 is 0 Å².